The van der Waals surface area contributed by atoms with Gasteiger partial charge in [-0.3, -0.25) is 9.58 Å². The van der Waals surface area contributed by atoms with Crippen molar-refractivity contribution in [1.82, 2.24) is 24.3 Å². The first kappa shape index (κ1) is 17.5. The highest BCUT2D eigenvalue weighted by atomic mass is 32.2. The van der Waals surface area contributed by atoms with Crippen LogP contribution < -0.4 is 0 Å². The van der Waals surface area contributed by atoms with E-state index in [0.29, 0.717) is 9.90 Å². The number of hydrogen-bond acceptors (Lipinski definition) is 7. The molecule has 0 saturated carbocycles. The van der Waals surface area contributed by atoms with Gasteiger partial charge in [-0.05, 0) is 39.8 Å². The Morgan fingerprint density at radius 1 is 1.33 bits per heavy atom. The molecule has 0 bridgehead atoms. The zero-order chi connectivity index (χ0) is 17.3. The van der Waals surface area contributed by atoms with Crippen LogP contribution in [0.15, 0.2) is 10.4 Å². The quantitative estimate of drug-likeness (QED) is 0.800. The summed E-state index contributed by atoms with van der Waals surface area (Å²) in [4.78, 5) is 2.40. The van der Waals surface area contributed by atoms with Crippen molar-refractivity contribution in [2.45, 2.75) is 49.9 Å². The summed E-state index contributed by atoms with van der Waals surface area (Å²) in [5.41, 5.74) is 3.15. The minimum atomic E-state index is -3.24. The smallest absolute Gasteiger partial charge is 0.188 e. The molecule has 0 N–H and O–H groups in total. The summed E-state index contributed by atoms with van der Waals surface area (Å²) in [7, 11) is -3.24. The SMILES string of the molecule is CCn1ncc(CN2CCC(c3nnsc3S(C)(=O)=O)CC2)c1C. The van der Waals surface area contributed by atoms with Gasteiger partial charge >= 0.3 is 0 Å². The van der Waals surface area contributed by atoms with E-state index in [4.69, 9.17) is 0 Å². The summed E-state index contributed by atoms with van der Waals surface area (Å²) in [6.07, 6.45) is 5.01. The van der Waals surface area contributed by atoms with Crippen molar-refractivity contribution in [2.75, 3.05) is 19.3 Å². The molecule has 132 valence electrons. The van der Waals surface area contributed by atoms with Crippen molar-refractivity contribution < 1.29 is 8.42 Å². The third-order valence-electron chi connectivity index (χ3n) is 4.69. The molecular weight excluding hydrogens is 346 g/mol. The molecule has 3 rings (SSSR count). The molecule has 2 aromatic heterocycles. The maximum absolute atomic E-state index is 11.8. The molecule has 1 aliphatic heterocycles. The van der Waals surface area contributed by atoms with Gasteiger partial charge in [-0.25, -0.2) is 8.42 Å². The minimum absolute atomic E-state index is 0.184. The van der Waals surface area contributed by atoms with Gasteiger partial charge in [-0.1, -0.05) is 4.49 Å². The van der Waals surface area contributed by atoms with Gasteiger partial charge in [-0.2, -0.15) is 5.10 Å². The van der Waals surface area contributed by atoms with Crippen molar-refractivity contribution in [3.05, 3.63) is 23.1 Å². The Hall–Kier alpha value is -1.32. The Bertz CT molecular complexity index is 804. The molecule has 1 aliphatic rings. The van der Waals surface area contributed by atoms with Crippen molar-refractivity contribution in [3.63, 3.8) is 0 Å². The van der Waals surface area contributed by atoms with Crippen LogP contribution in [0.2, 0.25) is 0 Å². The average molecular weight is 370 g/mol. The summed E-state index contributed by atoms with van der Waals surface area (Å²) in [6, 6.07) is 0. The van der Waals surface area contributed by atoms with Gasteiger partial charge in [0.2, 0.25) is 0 Å². The lowest BCUT2D eigenvalue weighted by Gasteiger charge is -2.31. The lowest BCUT2D eigenvalue weighted by Crippen LogP contribution is -2.33. The summed E-state index contributed by atoms with van der Waals surface area (Å²) in [5, 5.41) is 8.50. The maximum atomic E-state index is 11.8. The van der Waals surface area contributed by atoms with E-state index in [2.05, 4.69) is 33.4 Å². The number of piperidine rings is 1. The largest absolute Gasteiger partial charge is 0.299 e. The van der Waals surface area contributed by atoms with E-state index in [-0.39, 0.29) is 5.92 Å². The molecule has 0 amide bonds. The number of sulfone groups is 1. The van der Waals surface area contributed by atoms with Crippen LogP contribution >= 0.6 is 11.5 Å². The Morgan fingerprint density at radius 2 is 2.04 bits per heavy atom. The summed E-state index contributed by atoms with van der Waals surface area (Å²) in [5.74, 6) is 0.184. The van der Waals surface area contributed by atoms with E-state index in [1.807, 2.05) is 10.9 Å². The predicted octanol–water partition coefficient (Wildman–Crippen LogP) is 1.85. The lowest BCUT2D eigenvalue weighted by molar-refractivity contribution is 0.202. The monoisotopic (exact) mass is 369 g/mol. The molecule has 1 fully saturated rings. The van der Waals surface area contributed by atoms with Crippen LogP contribution in [0.3, 0.4) is 0 Å². The first-order valence-electron chi connectivity index (χ1n) is 8.16. The molecule has 0 spiro atoms. The number of aryl methyl sites for hydroxylation is 1. The van der Waals surface area contributed by atoms with E-state index in [1.54, 1.807) is 0 Å². The molecule has 24 heavy (non-hydrogen) atoms. The summed E-state index contributed by atoms with van der Waals surface area (Å²) >= 11 is 0.987. The van der Waals surface area contributed by atoms with Crippen LogP contribution in [0.1, 0.15) is 42.6 Å². The number of likely N-dealkylation sites (tertiary alicyclic amines) is 1. The second-order valence-electron chi connectivity index (χ2n) is 6.34. The molecule has 9 heteroatoms. The van der Waals surface area contributed by atoms with Crippen LogP contribution in [-0.2, 0) is 22.9 Å². The van der Waals surface area contributed by atoms with Crippen LogP contribution in [0.5, 0.6) is 0 Å². The molecule has 0 atom stereocenters. The third-order valence-corrected chi connectivity index (χ3v) is 7.24. The van der Waals surface area contributed by atoms with Crippen molar-refractivity contribution in [1.29, 1.82) is 0 Å². The molecule has 0 aromatic carbocycles. The van der Waals surface area contributed by atoms with Gasteiger partial charge in [0, 0.05) is 48.1 Å². The fourth-order valence-corrected chi connectivity index (χ4v) is 4.99. The van der Waals surface area contributed by atoms with Crippen LogP contribution in [-0.4, -0.2) is 52.0 Å². The van der Waals surface area contributed by atoms with Gasteiger partial charge in [0.25, 0.3) is 0 Å². The van der Waals surface area contributed by atoms with Gasteiger partial charge in [0.05, 0.1) is 11.9 Å². The molecule has 0 unspecified atom stereocenters. The highest BCUT2D eigenvalue weighted by Gasteiger charge is 2.29. The molecular formula is C15H23N5O2S2. The van der Waals surface area contributed by atoms with Gasteiger partial charge in [0.1, 0.15) is 0 Å². The van der Waals surface area contributed by atoms with Crippen LogP contribution in [0, 0.1) is 6.92 Å². The fraction of sp³-hybridized carbons (Fsp3) is 0.667. The third kappa shape index (κ3) is 3.52. The summed E-state index contributed by atoms with van der Waals surface area (Å²) < 4.78 is 29.9. The number of aromatic nitrogens is 4. The maximum Gasteiger partial charge on any atom is 0.188 e. The minimum Gasteiger partial charge on any atom is -0.299 e. The zero-order valence-corrected chi connectivity index (χ0v) is 15.9. The van der Waals surface area contributed by atoms with E-state index in [0.717, 1.165) is 50.6 Å². The van der Waals surface area contributed by atoms with Crippen molar-refractivity contribution >= 4 is 21.4 Å². The molecule has 2 aromatic rings. The normalized spacial score (nSPS) is 17.5. The zero-order valence-electron chi connectivity index (χ0n) is 14.3. The molecule has 0 aliphatic carbocycles. The molecule has 1 saturated heterocycles. The van der Waals surface area contributed by atoms with Gasteiger partial charge in [-0.15, -0.1) is 5.10 Å². The first-order chi connectivity index (χ1) is 11.4. The van der Waals surface area contributed by atoms with Crippen molar-refractivity contribution in [3.8, 4) is 0 Å². The lowest BCUT2D eigenvalue weighted by atomic mass is 9.94. The molecule has 7 nitrogen and oxygen atoms in total. The van der Waals surface area contributed by atoms with Gasteiger partial charge < -0.3 is 0 Å². The number of hydrogen-bond donors (Lipinski definition) is 0. The van der Waals surface area contributed by atoms with Gasteiger partial charge in [0.15, 0.2) is 14.0 Å². The highest BCUT2D eigenvalue weighted by Crippen LogP contribution is 2.33. The first-order valence-corrected chi connectivity index (χ1v) is 10.8. The number of rotatable bonds is 5. The second-order valence-corrected chi connectivity index (χ2v) is 9.30. The summed E-state index contributed by atoms with van der Waals surface area (Å²) in [6.45, 7) is 7.85. The standard InChI is InChI=1S/C15H23N5O2S2/c1-4-20-11(2)13(9-16-20)10-19-7-5-12(6-8-19)14-15(23-18-17-14)24(3,21)22/h9,12H,4-8,10H2,1-3H3. The van der Waals surface area contributed by atoms with E-state index in [9.17, 15) is 8.42 Å². The molecule has 0 radical (unpaired) electrons. The van der Waals surface area contributed by atoms with Crippen LogP contribution in [0.25, 0.3) is 0 Å². The average Bonchev–Trinajstić information content (AvgIpc) is 3.16. The highest BCUT2D eigenvalue weighted by molar-refractivity contribution is 7.92. The van der Waals surface area contributed by atoms with E-state index in [1.165, 1.54) is 17.5 Å². The Morgan fingerprint density at radius 3 is 2.62 bits per heavy atom. The topological polar surface area (TPSA) is 81.0 Å². The van der Waals surface area contributed by atoms with Crippen LogP contribution in [0.4, 0.5) is 0 Å². The number of nitrogens with zero attached hydrogens (tertiary/aromatic N) is 5. The Labute approximate surface area is 146 Å². The Balaban J connectivity index is 1.64. The fourth-order valence-electron chi connectivity index (χ4n) is 3.26. The van der Waals surface area contributed by atoms with Crippen molar-refractivity contribution in [2.24, 2.45) is 0 Å². The predicted molar refractivity (Wildman–Crippen MR) is 92.9 cm³/mol. The Kier molecular flexibility index (Phi) is 5.03. The van der Waals surface area contributed by atoms with E-state index >= 15 is 0 Å². The molecule has 3 heterocycles. The second kappa shape index (κ2) is 6.89. The van der Waals surface area contributed by atoms with E-state index < -0.39 is 9.84 Å².